The van der Waals surface area contributed by atoms with Crippen LogP contribution in [0.25, 0.3) is 0 Å². The van der Waals surface area contributed by atoms with Crippen molar-refractivity contribution in [2.75, 3.05) is 44.7 Å². The molecule has 1 amide bonds. The molecule has 0 spiro atoms. The van der Waals surface area contributed by atoms with E-state index in [1.165, 1.54) is 0 Å². The molecule has 2 aromatic carbocycles. The second kappa shape index (κ2) is 13.1. The topological polar surface area (TPSA) is 80.2 Å². The number of guanidine groups is 1. The van der Waals surface area contributed by atoms with Gasteiger partial charge in [-0.2, -0.15) is 0 Å². The Kier molecular flexibility index (Phi) is 10.6. The lowest BCUT2D eigenvalue weighted by Gasteiger charge is -2.37. The van der Waals surface area contributed by atoms with Crippen molar-refractivity contribution < 1.29 is 9.90 Å². The number of benzene rings is 2. The molecular weight excluding hydrogens is 517 g/mol. The van der Waals surface area contributed by atoms with E-state index in [2.05, 4.69) is 32.3 Å². The quantitative estimate of drug-likeness (QED) is 0.213. The number of phenolic OH excluding ortho intramolecular Hbond substituents is 1. The number of carbonyl (C=O) groups is 1. The summed E-state index contributed by atoms with van der Waals surface area (Å²) in [4.78, 5) is 21.0. The van der Waals surface area contributed by atoms with Gasteiger partial charge < -0.3 is 25.5 Å². The number of nitrogens with one attached hydrogen (secondary N) is 2. The molecule has 174 valence electrons. The van der Waals surface area contributed by atoms with Crippen LogP contribution in [0.1, 0.15) is 35.7 Å². The molecular formula is C24H34IN5O2. The van der Waals surface area contributed by atoms with E-state index in [9.17, 15) is 9.90 Å². The fourth-order valence-electron chi connectivity index (χ4n) is 3.66. The molecule has 2 aromatic rings. The van der Waals surface area contributed by atoms with Crippen molar-refractivity contribution in [2.24, 2.45) is 4.99 Å². The third-order valence-electron chi connectivity index (χ3n) is 5.50. The SMILES string of the molecule is CCCCNC(=O)c1ccc(CNC(=NC)N2CCN(c3ccccc3O)CC2)cc1.I. The fraction of sp³-hybridized carbons (Fsp3) is 0.417. The first kappa shape index (κ1) is 25.8. The van der Waals surface area contributed by atoms with Gasteiger partial charge in [0.25, 0.3) is 5.91 Å². The highest BCUT2D eigenvalue weighted by atomic mass is 127. The smallest absolute Gasteiger partial charge is 0.251 e. The van der Waals surface area contributed by atoms with Gasteiger partial charge >= 0.3 is 0 Å². The maximum Gasteiger partial charge on any atom is 0.251 e. The minimum Gasteiger partial charge on any atom is -0.506 e. The molecule has 0 bridgehead atoms. The van der Waals surface area contributed by atoms with Crippen molar-refractivity contribution in [3.8, 4) is 5.75 Å². The number of rotatable bonds is 7. The number of hydrogen-bond donors (Lipinski definition) is 3. The van der Waals surface area contributed by atoms with Gasteiger partial charge in [-0.3, -0.25) is 9.79 Å². The summed E-state index contributed by atoms with van der Waals surface area (Å²) in [5.41, 5.74) is 2.66. The Morgan fingerprint density at radius 2 is 1.72 bits per heavy atom. The lowest BCUT2D eigenvalue weighted by Crippen LogP contribution is -2.52. The summed E-state index contributed by atoms with van der Waals surface area (Å²) < 4.78 is 0. The van der Waals surface area contributed by atoms with Crippen LogP contribution < -0.4 is 15.5 Å². The number of hydrogen-bond acceptors (Lipinski definition) is 4. The van der Waals surface area contributed by atoms with Crippen molar-refractivity contribution in [1.82, 2.24) is 15.5 Å². The zero-order valence-electron chi connectivity index (χ0n) is 18.9. The summed E-state index contributed by atoms with van der Waals surface area (Å²) in [5, 5.41) is 16.4. The van der Waals surface area contributed by atoms with E-state index in [1.807, 2.05) is 42.5 Å². The largest absolute Gasteiger partial charge is 0.506 e. The van der Waals surface area contributed by atoms with Crippen LogP contribution in [0.5, 0.6) is 5.75 Å². The highest BCUT2D eigenvalue weighted by Gasteiger charge is 2.21. The van der Waals surface area contributed by atoms with E-state index in [0.717, 1.165) is 56.2 Å². The van der Waals surface area contributed by atoms with Crippen LogP contribution in [0.15, 0.2) is 53.5 Å². The molecule has 0 saturated carbocycles. The van der Waals surface area contributed by atoms with Gasteiger partial charge in [0.15, 0.2) is 5.96 Å². The van der Waals surface area contributed by atoms with E-state index in [1.54, 1.807) is 13.1 Å². The van der Waals surface area contributed by atoms with E-state index in [-0.39, 0.29) is 29.9 Å². The van der Waals surface area contributed by atoms with Crippen LogP contribution in [-0.4, -0.2) is 61.6 Å². The summed E-state index contributed by atoms with van der Waals surface area (Å²) in [6, 6.07) is 15.1. The Bertz CT molecular complexity index is 880. The van der Waals surface area contributed by atoms with Crippen LogP contribution in [-0.2, 0) is 6.54 Å². The van der Waals surface area contributed by atoms with Crippen LogP contribution in [0.4, 0.5) is 5.69 Å². The van der Waals surface area contributed by atoms with E-state index in [4.69, 9.17) is 0 Å². The Morgan fingerprint density at radius 1 is 1.03 bits per heavy atom. The second-order valence-electron chi connectivity index (χ2n) is 7.67. The van der Waals surface area contributed by atoms with Gasteiger partial charge in [0.2, 0.25) is 0 Å². The number of para-hydroxylation sites is 2. The Morgan fingerprint density at radius 3 is 2.34 bits per heavy atom. The zero-order valence-corrected chi connectivity index (χ0v) is 21.2. The van der Waals surface area contributed by atoms with Gasteiger partial charge in [0.1, 0.15) is 5.75 Å². The fourth-order valence-corrected chi connectivity index (χ4v) is 3.66. The van der Waals surface area contributed by atoms with Gasteiger partial charge in [-0.15, -0.1) is 24.0 Å². The second-order valence-corrected chi connectivity index (χ2v) is 7.67. The van der Waals surface area contributed by atoms with Crippen molar-refractivity contribution in [1.29, 1.82) is 0 Å². The molecule has 0 aromatic heterocycles. The summed E-state index contributed by atoms with van der Waals surface area (Å²) >= 11 is 0. The normalized spacial score (nSPS) is 14.0. The highest BCUT2D eigenvalue weighted by Crippen LogP contribution is 2.27. The summed E-state index contributed by atoms with van der Waals surface area (Å²) in [7, 11) is 1.79. The molecule has 0 radical (unpaired) electrons. The van der Waals surface area contributed by atoms with Crippen molar-refractivity contribution in [3.63, 3.8) is 0 Å². The van der Waals surface area contributed by atoms with E-state index >= 15 is 0 Å². The monoisotopic (exact) mass is 551 g/mol. The molecule has 7 nitrogen and oxygen atoms in total. The van der Waals surface area contributed by atoms with Crippen LogP contribution in [0, 0.1) is 0 Å². The number of aromatic hydroxyl groups is 1. The van der Waals surface area contributed by atoms with E-state index < -0.39 is 0 Å². The Labute approximate surface area is 207 Å². The first-order valence-corrected chi connectivity index (χ1v) is 11.0. The third-order valence-corrected chi connectivity index (χ3v) is 5.50. The molecule has 32 heavy (non-hydrogen) atoms. The average Bonchev–Trinajstić information content (AvgIpc) is 2.81. The molecule has 1 aliphatic rings. The predicted octanol–water partition coefficient (Wildman–Crippen LogP) is 3.44. The highest BCUT2D eigenvalue weighted by molar-refractivity contribution is 14.0. The average molecular weight is 551 g/mol. The maximum absolute atomic E-state index is 12.1. The van der Waals surface area contributed by atoms with Crippen LogP contribution in [0.3, 0.4) is 0 Å². The molecule has 1 heterocycles. The number of amides is 1. The maximum atomic E-state index is 12.1. The zero-order chi connectivity index (χ0) is 22.1. The first-order chi connectivity index (χ1) is 15.1. The minimum atomic E-state index is -0.0221. The number of aliphatic imine (C=N–C) groups is 1. The minimum absolute atomic E-state index is 0. The standard InChI is InChI=1S/C24H33N5O2.HI/c1-3-4-13-26-23(31)20-11-9-19(10-12-20)18-27-24(25-2)29-16-14-28(15-17-29)21-7-5-6-8-22(21)30;/h5-12,30H,3-4,13-18H2,1-2H3,(H,25,27)(H,26,31);1H. The van der Waals surface area contributed by atoms with Gasteiger partial charge in [-0.1, -0.05) is 37.6 Å². The van der Waals surface area contributed by atoms with Gasteiger partial charge in [0, 0.05) is 51.9 Å². The molecule has 3 rings (SSSR count). The molecule has 0 atom stereocenters. The van der Waals surface area contributed by atoms with E-state index in [0.29, 0.717) is 24.4 Å². The first-order valence-electron chi connectivity index (χ1n) is 11.0. The molecule has 8 heteroatoms. The van der Waals surface area contributed by atoms with Gasteiger partial charge in [-0.05, 0) is 36.2 Å². The van der Waals surface area contributed by atoms with Crippen LogP contribution in [0.2, 0.25) is 0 Å². The number of unbranched alkanes of at least 4 members (excludes halogenated alkanes) is 1. The summed E-state index contributed by atoms with van der Waals surface area (Å²) in [5.74, 6) is 1.16. The number of anilines is 1. The molecule has 1 saturated heterocycles. The lowest BCUT2D eigenvalue weighted by molar-refractivity contribution is 0.0953. The molecule has 3 N–H and O–H groups in total. The number of phenols is 1. The number of halogens is 1. The molecule has 1 fully saturated rings. The third kappa shape index (κ3) is 7.01. The molecule has 0 unspecified atom stereocenters. The Balaban J connectivity index is 0.00000363. The number of carbonyl (C=O) groups excluding carboxylic acids is 1. The number of nitrogens with zero attached hydrogens (tertiary/aromatic N) is 3. The lowest BCUT2D eigenvalue weighted by atomic mass is 10.1. The molecule has 0 aliphatic carbocycles. The molecule has 1 aliphatic heterocycles. The number of piperazine rings is 1. The van der Waals surface area contributed by atoms with Crippen molar-refractivity contribution >= 4 is 41.5 Å². The Hall–Kier alpha value is -2.49. The predicted molar refractivity (Wildman–Crippen MR) is 141 cm³/mol. The van der Waals surface area contributed by atoms with Gasteiger partial charge in [0.05, 0.1) is 5.69 Å². The van der Waals surface area contributed by atoms with Gasteiger partial charge in [-0.25, -0.2) is 0 Å². The van der Waals surface area contributed by atoms with Crippen molar-refractivity contribution in [3.05, 3.63) is 59.7 Å². The summed E-state index contributed by atoms with van der Waals surface area (Å²) in [6.07, 6.45) is 2.06. The summed E-state index contributed by atoms with van der Waals surface area (Å²) in [6.45, 7) is 6.75. The van der Waals surface area contributed by atoms with Crippen LogP contribution >= 0.6 is 24.0 Å². The van der Waals surface area contributed by atoms with Crippen molar-refractivity contribution in [2.45, 2.75) is 26.3 Å².